The third-order valence-electron chi connectivity index (χ3n) is 3.22. The Bertz CT molecular complexity index is 721. The van der Waals surface area contributed by atoms with Gasteiger partial charge < -0.3 is 15.0 Å². The van der Waals surface area contributed by atoms with Crippen molar-refractivity contribution in [3.8, 4) is 5.75 Å². The van der Waals surface area contributed by atoms with Crippen molar-refractivity contribution >= 4 is 5.91 Å². The predicted octanol–water partition coefficient (Wildman–Crippen LogP) is 1.76. The van der Waals surface area contributed by atoms with Gasteiger partial charge >= 0.3 is 0 Å². The van der Waals surface area contributed by atoms with Crippen molar-refractivity contribution in [2.24, 2.45) is 5.92 Å². The van der Waals surface area contributed by atoms with Crippen LogP contribution in [0.1, 0.15) is 35.7 Å². The molecule has 6 heteroatoms. The van der Waals surface area contributed by atoms with Gasteiger partial charge in [-0.2, -0.15) is 0 Å². The number of amides is 1. The summed E-state index contributed by atoms with van der Waals surface area (Å²) < 4.78 is 5.11. The summed E-state index contributed by atoms with van der Waals surface area (Å²) in [4.78, 5) is 30.7. The molecule has 1 amide bonds. The Morgan fingerprint density at radius 2 is 2.00 bits per heavy atom. The minimum absolute atomic E-state index is 0.137. The Labute approximate surface area is 134 Å². The van der Waals surface area contributed by atoms with E-state index in [1.807, 2.05) is 38.1 Å². The highest BCUT2D eigenvalue weighted by Crippen LogP contribution is 2.13. The van der Waals surface area contributed by atoms with Crippen LogP contribution in [0.2, 0.25) is 0 Å². The van der Waals surface area contributed by atoms with Crippen LogP contribution in [-0.4, -0.2) is 29.5 Å². The molecule has 0 unspecified atom stereocenters. The van der Waals surface area contributed by atoms with Gasteiger partial charge in [-0.05, 0) is 23.6 Å². The summed E-state index contributed by atoms with van der Waals surface area (Å²) in [6.45, 7) is 4.54. The van der Waals surface area contributed by atoms with E-state index >= 15 is 0 Å². The summed E-state index contributed by atoms with van der Waals surface area (Å²) in [6.07, 6.45) is 0.435. The van der Waals surface area contributed by atoms with Crippen molar-refractivity contribution < 1.29 is 9.53 Å². The molecule has 6 nitrogen and oxygen atoms in total. The minimum atomic E-state index is -0.335. The van der Waals surface area contributed by atoms with Crippen LogP contribution in [0.15, 0.2) is 35.1 Å². The first kappa shape index (κ1) is 16.7. The Morgan fingerprint density at radius 1 is 1.30 bits per heavy atom. The van der Waals surface area contributed by atoms with Crippen LogP contribution in [0, 0.1) is 5.92 Å². The standard InChI is InChI=1S/C17H21N3O3/c1-11(2)10-18-17(22)14-9-16(21)20-15(19-14)8-12-4-6-13(23-3)7-5-12/h4-7,9,11H,8,10H2,1-3H3,(H,18,22)(H,19,20,21). The maximum atomic E-state index is 12.0. The van der Waals surface area contributed by atoms with Gasteiger partial charge in [0.2, 0.25) is 0 Å². The van der Waals surface area contributed by atoms with Gasteiger partial charge in [-0.15, -0.1) is 0 Å². The molecule has 0 radical (unpaired) electrons. The van der Waals surface area contributed by atoms with Crippen molar-refractivity contribution in [1.29, 1.82) is 0 Å². The molecule has 23 heavy (non-hydrogen) atoms. The molecule has 0 aliphatic heterocycles. The molecule has 0 aliphatic rings. The van der Waals surface area contributed by atoms with Gasteiger partial charge in [-0.25, -0.2) is 4.98 Å². The molecule has 0 bridgehead atoms. The van der Waals surface area contributed by atoms with Crippen molar-refractivity contribution in [2.75, 3.05) is 13.7 Å². The van der Waals surface area contributed by atoms with Gasteiger partial charge in [-0.3, -0.25) is 9.59 Å². The number of rotatable bonds is 6. The molecule has 2 rings (SSSR count). The average Bonchev–Trinajstić information content (AvgIpc) is 2.52. The molecular weight excluding hydrogens is 294 g/mol. The highest BCUT2D eigenvalue weighted by molar-refractivity contribution is 5.92. The van der Waals surface area contributed by atoms with E-state index in [1.54, 1.807) is 7.11 Å². The number of nitrogens with zero attached hydrogens (tertiary/aromatic N) is 1. The fraction of sp³-hybridized carbons (Fsp3) is 0.353. The molecule has 0 aliphatic carbocycles. The van der Waals surface area contributed by atoms with Crippen LogP contribution in [-0.2, 0) is 6.42 Å². The number of methoxy groups -OCH3 is 1. The number of H-pyrrole nitrogens is 1. The van der Waals surface area contributed by atoms with E-state index in [0.717, 1.165) is 11.3 Å². The number of hydrogen-bond acceptors (Lipinski definition) is 4. The molecule has 0 atom stereocenters. The second-order valence-corrected chi connectivity index (χ2v) is 5.71. The van der Waals surface area contributed by atoms with Crippen LogP contribution in [0.4, 0.5) is 0 Å². The van der Waals surface area contributed by atoms with E-state index in [-0.39, 0.29) is 17.2 Å². The van der Waals surface area contributed by atoms with Gasteiger partial charge in [-0.1, -0.05) is 26.0 Å². The molecule has 2 N–H and O–H groups in total. The maximum absolute atomic E-state index is 12.0. The van der Waals surface area contributed by atoms with Gasteiger partial charge in [0.1, 0.15) is 17.3 Å². The smallest absolute Gasteiger partial charge is 0.270 e. The van der Waals surface area contributed by atoms with Crippen molar-refractivity contribution in [3.05, 3.63) is 57.8 Å². The largest absolute Gasteiger partial charge is 0.497 e. The fourth-order valence-electron chi connectivity index (χ4n) is 2.03. The van der Waals surface area contributed by atoms with E-state index < -0.39 is 0 Å². The first-order valence-corrected chi connectivity index (χ1v) is 7.49. The summed E-state index contributed by atoms with van der Waals surface area (Å²) >= 11 is 0. The number of aromatic amines is 1. The Kier molecular flexibility index (Phi) is 5.51. The summed E-state index contributed by atoms with van der Waals surface area (Å²) in [5.74, 6) is 1.22. The lowest BCUT2D eigenvalue weighted by molar-refractivity contribution is 0.0943. The molecule has 122 valence electrons. The first-order valence-electron chi connectivity index (χ1n) is 7.49. The molecule has 0 saturated carbocycles. The third kappa shape index (κ3) is 4.95. The van der Waals surface area contributed by atoms with Crippen molar-refractivity contribution in [3.63, 3.8) is 0 Å². The van der Waals surface area contributed by atoms with E-state index in [9.17, 15) is 9.59 Å². The topological polar surface area (TPSA) is 84.1 Å². The summed E-state index contributed by atoms with van der Waals surface area (Å²) in [7, 11) is 1.60. The SMILES string of the molecule is COc1ccc(Cc2nc(C(=O)NCC(C)C)cc(=O)[nH]2)cc1. The van der Waals surface area contributed by atoms with Crippen LogP contribution >= 0.6 is 0 Å². The highest BCUT2D eigenvalue weighted by Gasteiger charge is 2.11. The number of carbonyl (C=O) groups is 1. The lowest BCUT2D eigenvalue weighted by Crippen LogP contribution is -2.30. The molecule has 1 aromatic heterocycles. The third-order valence-corrected chi connectivity index (χ3v) is 3.22. The zero-order valence-corrected chi connectivity index (χ0v) is 13.6. The summed E-state index contributed by atoms with van der Waals surface area (Å²) in [6, 6.07) is 8.68. The number of hydrogen-bond donors (Lipinski definition) is 2. The number of ether oxygens (including phenoxy) is 1. The predicted molar refractivity (Wildman–Crippen MR) is 87.8 cm³/mol. The Morgan fingerprint density at radius 3 is 2.61 bits per heavy atom. The van der Waals surface area contributed by atoms with Gasteiger partial charge in [0.15, 0.2) is 0 Å². The lowest BCUT2D eigenvalue weighted by atomic mass is 10.1. The normalized spacial score (nSPS) is 10.6. The summed E-state index contributed by atoms with van der Waals surface area (Å²) in [5, 5.41) is 2.76. The van der Waals surface area contributed by atoms with Crippen LogP contribution in [0.25, 0.3) is 0 Å². The molecular formula is C17H21N3O3. The van der Waals surface area contributed by atoms with Gasteiger partial charge in [0, 0.05) is 19.0 Å². The van der Waals surface area contributed by atoms with Crippen molar-refractivity contribution in [1.82, 2.24) is 15.3 Å². The molecule has 2 aromatic rings. The maximum Gasteiger partial charge on any atom is 0.270 e. The second kappa shape index (κ2) is 7.58. The number of carbonyl (C=O) groups excluding carboxylic acids is 1. The lowest BCUT2D eigenvalue weighted by Gasteiger charge is -2.08. The van der Waals surface area contributed by atoms with E-state index in [4.69, 9.17) is 4.74 Å². The monoisotopic (exact) mass is 315 g/mol. The Hall–Kier alpha value is -2.63. The number of nitrogens with one attached hydrogen (secondary N) is 2. The van der Waals surface area contributed by atoms with E-state index in [1.165, 1.54) is 6.07 Å². The second-order valence-electron chi connectivity index (χ2n) is 5.71. The highest BCUT2D eigenvalue weighted by atomic mass is 16.5. The molecule has 0 saturated heterocycles. The Balaban J connectivity index is 2.16. The van der Waals surface area contributed by atoms with Crippen LogP contribution in [0.3, 0.4) is 0 Å². The number of aromatic nitrogens is 2. The fourth-order valence-corrected chi connectivity index (χ4v) is 2.03. The zero-order chi connectivity index (χ0) is 16.8. The van der Waals surface area contributed by atoms with Crippen LogP contribution < -0.4 is 15.6 Å². The van der Waals surface area contributed by atoms with Crippen molar-refractivity contribution in [2.45, 2.75) is 20.3 Å². The van der Waals surface area contributed by atoms with E-state index in [2.05, 4.69) is 15.3 Å². The molecule has 0 spiro atoms. The van der Waals surface area contributed by atoms with Crippen LogP contribution in [0.5, 0.6) is 5.75 Å². The van der Waals surface area contributed by atoms with E-state index in [0.29, 0.717) is 24.7 Å². The van der Waals surface area contributed by atoms with Gasteiger partial charge in [0.25, 0.3) is 11.5 Å². The number of benzene rings is 1. The molecule has 0 fully saturated rings. The quantitative estimate of drug-likeness (QED) is 0.850. The zero-order valence-electron chi connectivity index (χ0n) is 13.6. The molecule has 1 aromatic carbocycles. The first-order chi connectivity index (χ1) is 11.0. The average molecular weight is 315 g/mol. The van der Waals surface area contributed by atoms with Gasteiger partial charge in [0.05, 0.1) is 7.11 Å². The molecule has 1 heterocycles. The summed E-state index contributed by atoms with van der Waals surface area (Å²) in [5.41, 5.74) is 0.768. The minimum Gasteiger partial charge on any atom is -0.497 e.